The number of ether oxygens (including phenoxy) is 1. The molecule has 0 aliphatic rings. The molecule has 18 heavy (non-hydrogen) atoms. The first-order valence-electron chi connectivity index (χ1n) is 4.88. The Balaban J connectivity index is 3.27. The summed E-state index contributed by atoms with van der Waals surface area (Å²) >= 11 is 5.58. The molecule has 1 aromatic rings. The smallest absolute Gasteiger partial charge is 0.339 e. The lowest BCUT2D eigenvalue weighted by molar-refractivity contribution is 0.0504. The summed E-state index contributed by atoms with van der Waals surface area (Å²) in [7, 11) is 0.921. The number of hydrogen-bond acceptors (Lipinski definition) is 4. The minimum absolute atomic E-state index is 0.120. The second kappa shape index (κ2) is 5.86. The molecule has 8 heteroatoms. The van der Waals surface area contributed by atoms with Crippen LogP contribution in [-0.4, -0.2) is 21.0 Å². The number of hydrogen-bond donors (Lipinski definition) is 0. The SMILES string of the molecule is CCCOC(=O)c1cc(S(=O)(=O)Cl)cc(F)c1Cl. The molecule has 0 aromatic heterocycles. The third-order valence-corrected chi connectivity index (χ3v) is 3.66. The maximum atomic E-state index is 13.4. The summed E-state index contributed by atoms with van der Waals surface area (Å²) in [6.45, 7) is 1.89. The summed E-state index contributed by atoms with van der Waals surface area (Å²) in [6.07, 6.45) is 0.569. The van der Waals surface area contributed by atoms with Crippen molar-refractivity contribution in [1.29, 1.82) is 0 Å². The lowest BCUT2D eigenvalue weighted by atomic mass is 10.2. The van der Waals surface area contributed by atoms with Crippen LogP contribution in [0, 0.1) is 5.82 Å². The summed E-state index contributed by atoms with van der Waals surface area (Å²) < 4.78 is 40.3. The largest absolute Gasteiger partial charge is 0.462 e. The summed E-state index contributed by atoms with van der Waals surface area (Å²) in [5.41, 5.74) is -0.371. The van der Waals surface area contributed by atoms with Crippen LogP contribution < -0.4 is 0 Å². The maximum Gasteiger partial charge on any atom is 0.339 e. The zero-order valence-electron chi connectivity index (χ0n) is 9.24. The van der Waals surface area contributed by atoms with Gasteiger partial charge in [-0.3, -0.25) is 0 Å². The molecule has 0 saturated heterocycles. The van der Waals surface area contributed by atoms with Crippen LogP contribution in [0.25, 0.3) is 0 Å². The zero-order chi connectivity index (χ0) is 13.9. The molecule has 0 N–H and O–H groups in total. The van der Waals surface area contributed by atoms with Crippen molar-refractivity contribution in [3.05, 3.63) is 28.5 Å². The highest BCUT2D eigenvalue weighted by atomic mass is 35.7. The molecule has 1 aromatic carbocycles. The average Bonchev–Trinajstić information content (AvgIpc) is 2.27. The number of rotatable bonds is 4. The lowest BCUT2D eigenvalue weighted by Gasteiger charge is -2.07. The zero-order valence-corrected chi connectivity index (χ0v) is 11.6. The van der Waals surface area contributed by atoms with Gasteiger partial charge in [-0.05, 0) is 18.6 Å². The molecule has 0 bridgehead atoms. The Bertz CT molecular complexity index is 571. The second-order valence-electron chi connectivity index (χ2n) is 3.34. The Labute approximate surface area is 113 Å². The number of halogens is 3. The summed E-state index contributed by atoms with van der Waals surface area (Å²) in [5.74, 6) is -1.95. The molecule has 0 fully saturated rings. The number of benzene rings is 1. The Morgan fingerprint density at radius 1 is 1.44 bits per heavy atom. The predicted molar refractivity (Wildman–Crippen MR) is 65.0 cm³/mol. The number of carbonyl (C=O) groups excluding carboxylic acids is 1. The van der Waals surface area contributed by atoms with Crippen molar-refractivity contribution in [2.24, 2.45) is 0 Å². The van der Waals surface area contributed by atoms with Gasteiger partial charge in [0.25, 0.3) is 9.05 Å². The Morgan fingerprint density at radius 2 is 2.06 bits per heavy atom. The first-order valence-corrected chi connectivity index (χ1v) is 7.57. The van der Waals surface area contributed by atoms with Crippen molar-refractivity contribution in [3.63, 3.8) is 0 Å². The number of carbonyl (C=O) groups is 1. The van der Waals surface area contributed by atoms with Crippen LogP contribution in [0.5, 0.6) is 0 Å². The van der Waals surface area contributed by atoms with Gasteiger partial charge in [-0.1, -0.05) is 18.5 Å². The van der Waals surface area contributed by atoms with Gasteiger partial charge in [0.15, 0.2) is 0 Å². The molecule has 0 saturated carbocycles. The van der Waals surface area contributed by atoms with E-state index < -0.39 is 30.8 Å². The molecule has 0 spiro atoms. The molecule has 0 unspecified atom stereocenters. The van der Waals surface area contributed by atoms with Crippen LogP contribution in [0.3, 0.4) is 0 Å². The fourth-order valence-electron chi connectivity index (χ4n) is 1.13. The molecule has 0 radical (unpaired) electrons. The van der Waals surface area contributed by atoms with E-state index in [-0.39, 0.29) is 12.2 Å². The first-order chi connectivity index (χ1) is 8.27. The van der Waals surface area contributed by atoms with E-state index in [1.54, 1.807) is 6.92 Å². The van der Waals surface area contributed by atoms with Crippen molar-refractivity contribution in [3.8, 4) is 0 Å². The number of esters is 1. The molecule has 1 rings (SSSR count). The van der Waals surface area contributed by atoms with Crippen molar-refractivity contribution in [1.82, 2.24) is 0 Å². The van der Waals surface area contributed by atoms with Crippen molar-refractivity contribution >= 4 is 37.3 Å². The van der Waals surface area contributed by atoms with Gasteiger partial charge in [0, 0.05) is 10.7 Å². The highest BCUT2D eigenvalue weighted by molar-refractivity contribution is 8.13. The van der Waals surface area contributed by atoms with Crippen LogP contribution in [0.4, 0.5) is 4.39 Å². The highest BCUT2D eigenvalue weighted by Crippen LogP contribution is 2.26. The second-order valence-corrected chi connectivity index (χ2v) is 6.28. The van der Waals surface area contributed by atoms with Gasteiger partial charge in [0.1, 0.15) is 5.82 Å². The van der Waals surface area contributed by atoms with Crippen LogP contribution in [0.2, 0.25) is 5.02 Å². The van der Waals surface area contributed by atoms with Gasteiger partial charge < -0.3 is 4.74 Å². The quantitative estimate of drug-likeness (QED) is 0.633. The van der Waals surface area contributed by atoms with Gasteiger partial charge in [-0.2, -0.15) is 0 Å². The van der Waals surface area contributed by atoms with Gasteiger partial charge in [-0.15, -0.1) is 0 Å². The Kier molecular flexibility index (Phi) is 4.95. The average molecular weight is 315 g/mol. The summed E-state index contributed by atoms with van der Waals surface area (Å²) in [6, 6.07) is 1.52. The van der Waals surface area contributed by atoms with Gasteiger partial charge in [0.2, 0.25) is 0 Å². The maximum absolute atomic E-state index is 13.4. The molecular formula is C10H9Cl2FO4S. The van der Waals surface area contributed by atoms with Gasteiger partial charge in [-0.25, -0.2) is 17.6 Å². The van der Waals surface area contributed by atoms with E-state index in [4.69, 9.17) is 27.0 Å². The van der Waals surface area contributed by atoms with Crippen LogP contribution in [-0.2, 0) is 13.8 Å². The summed E-state index contributed by atoms with van der Waals surface area (Å²) in [4.78, 5) is 11.0. The molecule has 0 amide bonds. The van der Waals surface area contributed by atoms with Crippen molar-refractivity contribution in [2.75, 3.05) is 6.61 Å². The van der Waals surface area contributed by atoms with E-state index in [9.17, 15) is 17.6 Å². The Morgan fingerprint density at radius 3 is 2.56 bits per heavy atom. The van der Waals surface area contributed by atoms with E-state index >= 15 is 0 Å². The summed E-state index contributed by atoms with van der Waals surface area (Å²) in [5, 5.41) is -0.500. The predicted octanol–water partition coefficient (Wildman–Crippen LogP) is 2.97. The molecule has 4 nitrogen and oxygen atoms in total. The fraction of sp³-hybridized carbons (Fsp3) is 0.300. The minimum atomic E-state index is -4.15. The normalized spacial score (nSPS) is 11.3. The van der Waals surface area contributed by atoms with E-state index in [1.165, 1.54) is 0 Å². The van der Waals surface area contributed by atoms with E-state index in [0.717, 1.165) is 6.07 Å². The molecule has 0 aliphatic heterocycles. The third-order valence-electron chi connectivity index (χ3n) is 1.94. The fourth-order valence-corrected chi connectivity index (χ4v) is 2.08. The van der Waals surface area contributed by atoms with Gasteiger partial charge in [0.05, 0.1) is 22.1 Å². The third kappa shape index (κ3) is 3.57. The first kappa shape index (κ1) is 15.2. The Hall–Kier alpha value is -0.850. The molecule has 100 valence electrons. The standard InChI is InChI=1S/C10H9Cl2FO4S/c1-2-3-17-10(14)7-4-6(18(12,15)16)5-8(13)9(7)11/h4-5H,2-3H2,1H3. The van der Waals surface area contributed by atoms with Crippen LogP contribution in [0.15, 0.2) is 17.0 Å². The highest BCUT2D eigenvalue weighted by Gasteiger charge is 2.21. The van der Waals surface area contributed by atoms with Gasteiger partial charge >= 0.3 is 5.97 Å². The van der Waals surface area contributed by atoms with Crippen molar-refractivity contribution in [2.45, 2.75) is 18.2 Å². The monoisotopic (exact) mass is 314 g/mol. The van der Waals surface area contributed by atoms with Crippen molar-refractivity contribution < 1.29 is 22.3 Å². The van der Waals surface area contributed by atoms with E-state index in [1.807, 2.05) is 0 Å². The molecular weight excluding hydrogens is 306 g/mol. The van der Waals surface area contributed by atoms with E-state index in [2.05, 4.69) is 0 Å². The minimum Gasteiger partial charge on any atom is -0.462 e. The van der Waals surface area contributed by atoms with Crippen LogP contribution in [0.1, 0.15) is 23.7 Å². The molecule has 0 aliphatic carbocycles. The molecule has 0 atom stereocenters. The van der Waals surface area contributed by atoms with Crippen LogP contribution >= 0.6 is 22.3 Å². The molecule has 0 heterocycles. The lowest BCUT2D eigenvalue weighted by Crippen LogP contribution is -2.09. The topological polar surface area (TPSA) is 60.4 Å². The van der Waals surface area contributed by atoms with E-state index in [0.29, 0.717) is 12.5 Å².